The molecule has 30 heavy (non-hydrogen) atoms. The molecule has 10 nitrogen and oxygen atoms in total. The molecule has 0 aliphatic heterocycles. The molecule has 1 fully saturated rings. The zero-order valence-corrected chi connectivity index (χ0v) is 16.1. The maximum absolute atomic E-state index is 14.6. The smallest absolute Gasteiger partial charge is 0.252 e. The first-order chi connectivity index (χ1) is 14.5. The van der Waals surface area contributed by atoms with Gasteiger partial charge in [-0.05, 0) is 25.0 Å². The Labute approximate surface area is 171 Å². The minimum atomic E-state index is -0.801. The molecular formula is C19H22FN9O. The van der Waals surface area contributed by atoms with Crippen LogP contribution in [-0.2, 0) is 0 Å². The van der Waals surface area contributed by atoms with E-state index in [1.165, 1.54) is 17.3 Å². The lowest BCUT2D eigenvalue weighted by Gasteiger charge is -2.30. The van der Waals surface area contributed by atoms with Crippen molar-refractivity contribution in [1.29, 1.82) is 0 Å². The summed E-state index contributed by atoms with van der Waals surface area (Å²) in [6.07, 6.45) is 9.83. The molecule has 156 valence electrons. The molecule has 11 heteroatoms. The maximum Gasteiger partial charge on any atom is 0.252 e. The summed E-state index contributed by atoms with van der Waals surface area (Å²) in [5.41, 5.74) is 12.7. The van der Waals surface area contributed by atoms with E-state index >= 15 is 0 Å². The Morgan fingerprint density at radius 1 is 1.17 bits per heavy atom. The van der Waals surface area contributed by atoms with Crippen LogP contribution in [0.1, 0.15) is 36.0 Å². The Hall–Kier alpha value is -3.60. The highest BCUT2D eigenvalue weighted by molar-refractivity contribution is 5.98. The second-order valence-electron chi connectivity index (χ2n) is 7.18. The molecule has 1 aliphatic rings. The van der Waals surface area contributed by atoms with Crippen molar-refractivity contribution in [3.05, 3.63) is 48.6 Å². The molecule has 0 bridgehead atoms. The lowest BCUT2D eigenvalue weighted by Crippen LogP contribution is -2.43. The number of carbonyl (C=O) groups excluding carboxylic acids is 1. The molecule has 3 aromatic rings. The third-order valence-corrected chi connectivity index (χ3v) is 5.05. The van der Waals surface area contributed by atoms with Gasteiger partial charge in [0.1, 0.15) is 18.5 Å². The lowest BCUT2D eigenvalue weighted by atomic mass is 9.91. The van der Waals surface area contributed by atoms with Crippen LogP contribution >= 0.6 is 0 Å². The molecule has 1 aliphatic carbocycles. The number of rotatable bonds is 6. The van der Waals surface area contributed by atoms with Gasteiger partial charge in [0.15, 0.2) is 11.6 Å². The fourth-order valence-corrected chi connectivity index (χ4v) is 3.49. The van der Waals surface area contributed by atoms with Gasteiger partial charge < -0.3 is 22.1 Å². The summed E-state index contributed by atoms with van der Waals surface area (Å²) in [6, 6.07) is 2.63. The van der Waals surface area contributed by atoms with Crippen LogP contribution in [0.5, 0.6) is 0 Å². The van der Waals surface area contributed by atoms with Crippen molar-refractivity contribution in [1.82, 2.24) is 24.7 Å². The Kier molecular flexibility index (Phi) is 5.53. The molecule has 0 saturated heterocycles. The van der Waals surface area contributed by atoms with E-state index in [2.05, 4.69) is 30.7 Å². The molecule has 6 N–H and O–H groups in total. The van der Waals surface area contributed by atoms with Crippen molar-refractivity contribution in [3.8, 4) is 5.69 Å². The van der Waals surface area contributed by atoms with Gasteiger partial charge >= 0.3 is 0 Å². The number of nitrogens with zero attached hydrogens (tertiary/aromatic N) is 5. The van der Waals surface area contributed by atoms with E-state index in [0.717, 1.165) is 31.7 Å². The van der Waals surface area contributed by atoms with E-state index in [9.17, 15) is 9.18 Å². The monoisotopic (exact) mass is 411 g/mol. The number of hydrogen-bond donors (Lipinski definition) is 4. The van der Waals surface area contributed by atoms with Crippen molar-refractivity contribution in [2.75, 3.05) is 10.6 Å². The third-order valence-electron chi connectivity index (χ3n) is 5.05. The molecule has 2 unspecified atom stereocenters. The first-order valence-electron chi connectivity index (χ1n) is 9.61. The van der Waals surface area contributed by atoms with Crippen LogP contribution in [0.2, 0.25) is 0 Å². The van der Waals surface area contributed by atoms with Crippen molar-refractivity contribution in [3.63, 3.8) is 0 Å². The largest absolute Gasteiger partial charge is 0.365 e. The van der Waals surface area contributed by atoms with Crippen molar-refractivity contribution < 1.29 is 9.18 Å². The number of carbonyl (C=O) groups is 1. The molecule has 3 heterocycles. The number of aromatic nitrogens is 5. The number of hydrogen-bond acceptors (Lipinski definition) is 8. The van der Waals surface area contributed by atoms with Crippen molar-refractivity contribution in [2.45, 2.75) is 37.8 Å². The Morgan fingerprint density at radius 3 is 2.73 bits per heavy atom. The van der Waals surface area contributed by atoms with Crippen LogP contribution in [-0.4, -0.2) is 42.7 Å². The van der Waals surface area contributed by atoms with Gasteiger partial charge in [-0.3, -0.25) is 9.78 Å². The highest BCUT2D eigenvalue weighted by Crippen LogP contribution is 2.27. The minimum Gasteiger partial charge on any atom is -0.365 e. The zero-order valence-electron chi connectivity index (χ0n) is 16.1. The molecule has 0 aromatic carbocycles. The van der Waals surface area contributed by atoms with Gasteiger partial charge in [-0.15, -0.1) is 0 Å². The molecular weight excluding hydrogens is 389 g/mol. The summed E-state index contributed by atoms with van der Waals surface area (Å²) >= 11 is 0. The topological polar surface area (TPSA) is 150 Å². The second kappa shape index (κ2) is 8.41. The number of primary amides is 1. The minimum absolute atomic E-state index is 0.0187. The summed E-state index contributed by atoms with van der Waals surface area (Å²) in [6.45, 7) is 0. The first kappa shape index (κ1) is 19.7. The molecule has 2 atom stereocenters. The highest BCUT2D eigenvalue weighted by Gasteiger charge is 2.24. The van der Waals surface area contributed by atoms with Crippen LogP contribution in [0, 0.1) is 5.82 Å². The summed E-state index contributed by atoms with van der Waals surface area (Å²) < 4.78 is 16.2. The fraction of sp³-hybridized carbons (Fsp3) is 0.316. The van der Waals surface area contributed by atoms with Gasteiger partial charge in [0.2, 0.25) is 0 Å². The maximum atomic E-state index is 14.6. The first-order valence-corrected chi connectivity index (χ1v) is 9.61. The van der Waals surface area contributed by atoms with Gasteiger partial charge in [-0.2, -0.15) is 5.10 Å². The van der Waals surface area contributed by atoms with Gasteiger partial charge in [0.05, 0.1) is 29.3 Å². The van der Waals surface area contributed by atoms with E-state index < -0.39 is 11.7 Å². The normalized spacial score (nSPS) is 18.7. The average Bonchev–Trinajstić information content (AvgIpc) is 3.27. The van der Waals surface area contributed by atoms with E-state index in [1.54, 1.807) is 18.5 Å². The van der Waals surface area contributed by atoms with Crippen LogP contribution in [0.4, 0.5) is 21.7 Å². The summed E-state index contributed by atoms with van der Waals surface area (Å²) in [5.74, 6) is -1.33. The van der Waals surface area contributed by atoms with Crippen LogP contribution in [0.15, 0.2) is 37.2 Å². The third kappa shape index (κ3) is 4.20. The number of anilines is 3. The summed E-state index contributed by atoms with van der Waals surface area (Å²) in [4.78, 5) is 24.2. The van der Waals surface area contributed by atoms with Gasteiger partial charge in [0.25, 0.3) is 5.91 Å². The van der Waals surface area contributed by atoms with Crippen LogP contribution in [0.25, 0.3) is 5.69 Å². The van der Waals surface area contributed by atoms with Crippen LogP contribution < -0.4 is 22.1 Å². The number of nitrogens with two attached hydrogens (primary N) is 2. The van der Waals surface area contributed by atoms with E-state index in [0.29, 0.717) is 11.4 Å². The van der Waals surface area contributed by atoms with Crippen LogP contribution in [0.3, 0.4) is 0 Å². The van der Waals surface area contributed by atoms with E-state index in [4.69, 9.17) is 11.5 Å². The Bertz CT molecular complexity index is 1040. The van der Waals surface area contributed by atoms with E-state index in [-0.39, 0.29) is 29.3 Å². The molecule has 0 radical (unpaired) electrons. The number of nitrogens with one attached hydrogen (secondary N) is 2. The van der Waals surface area contributed by atoms with Gasteiger partial charge in [-0.25, -0.2) is 19.0 Å². The fourth-order valence-electron chi connectivity index (χ4n) is 3.49. The van der Waals surface area contributed by atoms with Crippen molar-refractivity contribution >= 4 is 23.2 Å². The van der Waals surface area contributed by atoms with Gasteiger partial charge in [-0.1, -0.05) is 12.8 Å². The standard InChI is InChI=1S/C19H22FN9O/c20-14-6-13(17(22)30)18(28-19(14)27-16-4-2-1-3-15(16)21)26-11-5-12(8-23-7-11)29-10-24-9-25-29/h5-10,15-16H,1-4,21H2,(H2,22,30)(H2,26,27,28). The van der Waals surface area contributed by atoms with Gasteiger partial charge in [0, 0.05) is 12.1 Å². The summed E-state index contributed by atoms with van der Waals surface area (Å²) in [5, 5.41) is 10.1. The molecule has 1 saturated carbocycles. The number of halogens is 1. The number of amides is 1. The zero-order chi connectivity index (χ0) is 21.1. The summed E-state index contributed by atoms with van der Waals surface area (Å²) in [7, 11) is 0. The van der Waals surface area contributed by atoms with E-state index in [1.807, 2.05) is 0 Å². The second-order valence-corrected chi connectivity index (χ2v) is 7.18. The Balaban J connectivity index is 1.64. The molecule has 1 amide bonds. The number of pyridine rings is 2. The molecule has 3 aromatic heterocycles. The quantitative estimate of drug-likeness (QED) is 0.479. The van der Waals surface area contributed by atoms with Crippen molar-refractivity contribution in [2.24, 2.45) is 11.5 Å². The predicted octanol–water partition coefficient (Wildman–Crippen LogP) is 1.72. The lowest BCUT2D eigenvalue weighted by molar-refractivity contribution is 0.100. The molecule has 0 spiro atoms. The highest BCUT2D eigenvalue weighted by atomic mass is 19.1. The SMILES string of the molecule is NC(=O)c1cc(F)c(NC2CCCCC2N)nc1Nc1cncc(-n2cncn2)c1. The Morgan fingerprint density at radius 2 is 2.00 bits per heavy atom. The average molecular weight is 411 g/mol. The molecule has 4 rings (SSSR count). The predicted molar refractivity (Wildman–Crippen MR) is 109 cm³/mol.